The lowest BCUT2D eigenvalue weighted by atomic mass is 10.2. The number of hydrogen-bond donors (Lipinski definition) is 5. The Hall–Kier alpha value is -9.60. The van der Waals surface area contributed by atoms with E-state index in [0.29, 0.717) is 0 Å². The molecular weight excluding hydrogens is 1360 g/mol. The highest BCUT2D eigenvalue weighted by Crippen LogP contribution is 2.18. The Labute approximate surface area is 616 Å². The summed E-state index contributed by atoms with van der Waals surface area (Å²) in [5.41, 5.74) is 9.87. The lowest BCUT2D eigenvalue weighted by Gasteiger charge is -2.03. The van der Waals surface area contributed by atoms with Crippen molar-refractivity contribution in [1.29, 1.82) is 0 Å². The summed E-state index contributed by atoms with van der Waals surface area (Å²) in [6.45, 7) is 14.2. The first-order valence-corrected chi connectivity index (χ1v) is 33.8. The van der Waals surface area contributed by atoms with Gasteiger partial charge in [0.15, 0.2) is 0 Å². The summed E-state index contributed by atoms with van der Waals surface area (Å²) < 4.78 is 27.6. The second-order valence-corrected chi connectivity index (χ2v) is 23.4. The van der Waals surface area contributed by atoms with Crippen molar-refractivity contribution in [3.63, 3.8) is 0 Å². The van der Waals surface area contributed by atoms with Gasteiger partial charge in [0.05, 0.1) is 33.0 Å². The normalized spacial score (nSPS) is 9.10. The van der Waals surface area contributed by atoms with Crippen molar-refractivity contribution in [2.75, 3.05) is 33.0 Å². The Morgan fingerprint density at radius 1 is 0.180 bits per heavy atom. The van der Waals surface area contributed by atoms with Gasteiger partial charge in [0.1, 0.15) is 28.7 Å². The van der Waals surface area contributed by atoms with Gasteiger partial charge < -0.3 is 23.7 Å². The van der Waals surface area contributed by atoms with E-state index in [1.165, 1.54) is 0 Å². The topological polar surface area (TPSA) is 46.2 Å². The van der Waals surface area contributed by atoms with Gasteiger partial charge >= 0.3 is 0 Å². The smallest absolute Gasteiger partial charge is 0.119 e. The van der Waals surface area contributed by atoms with E-state index >= 15 is 0 Å². The quantitative estimate of drug-likeness (QED) is 0.0402. The summed E-state index contributed by atoms with van der Waals surface area (Å²) in [5.74, 6) is 35.8. The maximum absolute atomic E-state index is 5.53. The van der Waals surface area contributed by atoms with E-state index < -0.39 is 0 Å². The predicted molar refractivity (Wildman–Crippen MR) is 422 cm³/mol. The molecule has 5 nitrogen and oxygen atoms in total. The van der Waals surface area contributed by atoms with Crippen LogP contribution in [0.5, 0.6) is 28.7 Å². The van der Waals surface area contributed by atoms with Crippen LogP contribution in [-0.4, -0.2) is 33.0 Å². The molecule has 0 atom stereocenters. The third kappa shape index (κ3) is 36.8. The second kappa shape index (κ2) is 52.5. The average Bonchev–Trinajstić information content (AvgIpc) is 1.06. The van der Waals surface area contributed by atoms with Gasteiger partial charge in [-0.05, 0) is 275 Å². The number of benzene rings is 10. The molecule has 0 aliphatic rings. The Morgan fingerprint density at radius 3 is 0.380 bits per heavy atom. The van der Waals surface area contributed by atoms with Crippen LogP contribution in [0.1, 0.15) is 122 Å². The average molecular weight is 1440 g/mol. The molecule has 0 radical (unpaired) electrons. The first-order chi connectivity index (χ1) is 46.4. The van der Waals surface area contributed by atoms with Gasteiger partial charge in [-0.1, -0.05) is 93.8 Å². The monoisotopic (exact) mass is 1440 g/mol. The minimum atomic E-state index is 0. The van der Waals surface area contributed by atoms with Crippen LogP contribution in [0.2, 0.25) is 0 Å². The summed E-state index contributed by atoms with van der Waals surface area (Å²) >= 11 is 21.2. The molecule has 0 aliphatic heterocycles. The zero-order valence-corrected chi connectivity index (χ0v) is 61.0. The zero-order chi connectivity index (χ0) is 67.5. The molecule has 0 spiro atoms. The van der Waals surface area contributed by atoms with E-state index in [9.17, 15) is 0 Å². The van der Waals surface area contributed by atoms with Crippen molar-refractivity contribution in [3.8, 4) is 88.0 Å². The van der Waals surface area contributed by atoms with E-state index in [-0.39, 0.29) is 23.5 Å². The molecule has 0 aliphatic carbocycles. The van der Waals surface area contributed by atoms with E-state index in [0.717, 1.165) is 174 Å². The van der Waals surface area contributed by atoms with Crippen LogP contribution in [0.25, 0.3) is 0 Å². The summed E-state index contributed by atoms with van der Waals surface area (Å²) in [6, 6.07) is 78.4. The van der Waals surface area contributed by atoms with Crippen molar-refractivity contribution in [1.82, 2.24) is 0 Å². The number of halogens is 5. The molecule has 0 amide bonds. The molecule has 520 valence electrons. The molecule has 0 aromatic heterocycles. The Bertz CT molecular complexity index is 3540. The SMILES string of the molecule is CCCOc1ccc(C#Cc2ccc(S)cc2)cc1.CCCOc1ccc(C#Cc2ccc(S)cc2)cc1.CCCOc1ccc(C#Cc2ccc(S)cc2)cc1.CCCOc1ccc(C#Cc2ccc(S)cc2)cc1.CCCOc1ccc(C#Cc2ccc(S)cc2)cc1.F.F.F.F.F. The van der Waals surface area contributed by atoms with E-state index in [2.05, 4.69) is 157 Å². The van der Waals surface area contributed by atoms with Crippen molar-refractivity contribution < 1.29 is 47.2 Å². The highest BCUT2D eigenvalue weighted by Gasteiger charge is 1.99. The Balaban J connectivity index is 0.000000617. The van der Waals surface area contributed by atoms with Crippen LogP contribution in [0, 0.1) is 59.2 Å². The van der Waals surface area contributed by atoms with Crippen molar-refractivity contribution in [2.24, 2.45) is 0 Å². The Morgan fingerprint density at radius 2 is 0.280 bits per heavy atom. The maximum Gasteiger partial charge on any atom is 0.119 e. The molecule has 0 heterocycles. The molecule has 10 aromatic carbocycles. The molecule has 0 bridgehead atoms. The van der Waals surface area contributed by atoms with Gasteiger partial charge in [0, 0.05) is 80.1 Å². The van der Waals surface area contributed by atoms with Crippen molar-refractivity contribution in [2.45, 2.75) is 91.2 Å². The van der Waals surface area contributed by atoms with Crippen LogP contribution in [0.4, 0.5) is 23.5 Å². The van der Waals surface area contributed by atoms with E-state index in [1.807, 2.05) is 243 Å². The molecule has 15 heteroatoms. The number of hydrogen-bond acceptors (Lipinski definition) is 10. The predicted octanol–water partition coefficient (Wildman–Crippen LogP) is 21.6. The van der Waals surface area contributed by atoms with Gasteiger partial charge in [-0.2, -0.15) is 0 Å². The van der Waals surface area contributed by atoms with Gasteiger partial charge in [-0.15, -0.1) is 63.1 Å². The summed E-state index contributed by atoms with van der Waals surface area (Å²) in [7, 11) is 0. The summed E-state index contributed by atoms with van der Waals surface area (Å²) in [4.78, 5) is 4.74. The van der Waals surface area contributed by atoms with Crippen molar-refractivity contribution >= 4 is 63.1 Å². The summed E-state index contributed by atoms with van der Waals surface area (Å²) in [6.07, 6.45) is 5.08. The van der Waals surface area contributed by atoms with Crippen LogP contribution >= 0.6 is 63.1 Å². The summed E-state index contributed by atoms with van der Waals surface area (Å²) in [5, 5.41) is 0. The van der Waals surface area contributed by atoms with Gasteiger partial charge in [0.2, 0.25) is 0 Å². The third-order valence-electron chi connectivity index (χ3n) is 12.7. The highest BCUT2D eigenvalue weighted by atomic mass is 32.1. The molecule has 0 unspecified atom stereocenters. The zero-order valence-electron chi connectivity index (χ0n) is 56.5. The molecule has 0 saturated heterocycles. The van der Waals surface area contributed by atoms with E-state index in [1.54, 1.807) is 0 Å². The molecule has 0 fully saturated rings. The number of thiol groups is 5. The third-order valence-corrected chi connectivity index (χ3v) is 14.2. The number of ether oxygens (including phenoxy) is 5. The van der Waals surface area contributed by atoms with E-state index in [4.69, 9.17) is 23.7 Å². The molecule has 10 rings (SSSR count). The van der Waals surface area contributed by atoms with Crippen LogP contribution in [0.3, 0.4) is 0 Å². The van der Waals surface area contributed by atoms with Crippen LogP contribution in [0.15, 0.2) is 267 Å². The first kappa shape index (κ1) is 88.4. The standard InChI is InChI=1S/5C17H16OS.5FH/c5*1-2-13-18-16-9-5-14(6-10-16)3-4-15-7-11-17(19)12-8-15;;;;;/h5*5-12,19H,2,13H2,1H3;5*1H. The van der Waals surface area contributed by atoms with Gasteiger partial charge in [-0.3, -0.25) is 23.5 Å². The second-order valence-electron chi connectivity index (χ2n) is 20.8. The minimum Gasteiger partial charge on any atom is -0.494 e. The molecular formula is C85H85F5O5S5. The molecule has 0 N–H and O–H groups in total. The Kier molecular flexibility index (Phi) is 46.4. The van der Waals surface area contributed by atoms with Crippen LogP contribution < -0.4 is 23.7 Å². The fourth-order valence-electron chi connectivity index (χ4n) is 7.72. The maximum atomic E-state index is 5.53. The lowest BCUT2D eigenvalue weighted by molar-refractivity contribution is 0.317. The molecule has 10 aromatic rings. The van der Waals surface area contributed by atoms with Crippen molar-refractivity contribution in [3.05, 3.63) is 298 Å². The molecule has 100 heavy (non-hydrogen) atoms. The fraction of sp³-hybridized carbons (Fsp3) is 0.176. The van der Waals surface area contributed by atoms with Gasteiger partial charge in [0.25, 0.3) is 0 Å². The first-order valence-electron chi connectivity index (χ1n) is 31.6. The van der Waals surface area contributed by atoms with Gasteiger partial charge in [-0.25, -0.2) is 0 Å². The number of rotatable bonds is 15. The molecule has 0 saturated carbocycles. The minimum absolute atomic E-state index is 0. The fourth-order valence-corrected chi connectivity index (χ4v) is 8.46. The van der Waals surface area contributed by atoms with Crippen LogP contribution in [-0.2, 0) is 0 Å². The highest BCUT2D eigenvalue weighted by molar-refractivity contribution is 7.81. The lowest BCUT2D eigenvalue weighted by Crippen LogP contribution is -1.94. The largest absolute Gasteiger partial charge is 0.494 e.